The molecule has 0 aliphatic heterocycles. The van der Waals surface area contributed by atoms with E-state index in [4.69, 9.17) is 8.83 Å². The minimum absolute atomic E-state index is 0.905. The molecule has 5 aromatic heterocycles. The van der Waals surface area contributed by atoms with Gasteiger partial charge in [0.25, 0.3) is 0 Å². The molecule has 14 rings (SSSR count). The molecular formula is C60H38N2O2S. The molecule has 0 unspecified atom stereocenters. The maximum absolute atomic E-state index is 6.59. The highest BCUT2D eigenvalue weighted by molar-refractivity contribution is 7.27. The first-order chi connectivity index (χ1) is 32.2. The predicted octanol–water partition coefficient (Wildman–Crippen LogP) is 17.8. The molecule has 4 nitrogen and oxygen atoms in total. The fraction of sp³-hybridized carbons (Fsp3) is 0.0333. The topological polar surface area (TPSA) is 36.1 Å². The summed E-state index contributed by atoms with van der Waals surface area (Å²) in [5.74, 6) is 0. The molecule has 14 aromatic rings. The molecule has 65 heavy (non-hydrogen) atoms. The Kier molecular flexibility index (Phi) is 7.66. The molecular weight excluding hydrogens is 813 g/mol. The van der Waals surface area contributed by atoms with Crippen LogP contribution in [0.3, 0.4) is 0 Å². The highest BCUT2D eigenvalue weighted by Gasteiger charge is 2.23. The first-order valence-corrected chi connectivity index (χ1v) is 23.0. The Morgan fingerprint density at radius 3 is 1.58 bits per heavy atom. The molecule has 5 heterocycles. The third-order valence-electron chi connectivity index (χ3n) is 13.6. The summed E-state index contributed by atoms with van der Waals surface area (Å²) in [4.78, 5) is 0. The zero-order chi connectivity index (χ0) is 42.9. The molecule has 0 aliphatic rings. The number of nitrogens with zero attached hydrogens (tertiary/aromatic N) is 2. The number of fused-ring (bicyclic) bond motifs is 17. The van der Waals surface area contributed by atoms with Gasteiger partial charge >= 0.3 is 0 Å². The highest BCUT2D eigenvalue weighted by atomic mass is 32.1. The van der Waals surface area contributed by atoms with Crippen molar-refractivity contribution in [1.82, 2.24) is 9.13 Å². The van der Waals surface area contributed by atoms with Gasteiger partial charge in [-0.1, -0.05) is 127 Å². The molecule has 0 amide bonds. The van der Waals surface area contributed by atoms with Crippen LogP contribution < -0.4 is 0 Å². The third-order valence-corrected chi connectivity index (χ3v) is 14.9. The van der Waals surface area contributed by atoms with E-state index in [1.54, 1.807) is 0 Å². The van der Waals surface area contributed by atoms with Gasteiger partial charge in [0.05, 0.1) is 22.1 Å². The van der Waals surface area contributed by atoms with Crippen LogP contribution in [0, 0.1) is 0 Å². The van der Waals surface area contributed by atoms with Crippen molar-refractivity contribution in [2.45, 2.75) is 13.8 Å². The summed E-state index contributed by atoms with van der Waals surface area (Å²) >= 11 is 1.92. The molecule has 0 saturated heterocycles. The van der Waals surface area contributed by atoms with Crippen molar-refractivity contribution < 1.29 is 8.83 Å². The van der Waals surface area contributed by atoms with E-state index in [9.17, 15) is 0 Å². The number of furan rings is 2. The van der Waals surface area contributed by atoms with Gasteiger partial charge in [-0.3, -0.25) is 0 Å². The smallest absolute Gasteiger partial charge is 0.143 e. The van der Waals surface area contributed by atoms with Crippen LogP contribution >= 0.6 is 11.3 Å². The van der Waals surface area contributed by atoms with Crippen LogP contribution in [-0.4, -0.2) is 9.13 Å². The quantitative estimate of drug-likeness (QED) is 0.162. The van der Waals surface area contributed by atoms with Crippen LogP contribution in [0.15, 0.2) is 203 Å². The van der Waals surface area contributed by atoms with Crippen molar-refractivity contribution in [3.63, 3.8) is 0 Å². The summed E-state index contributed by atoms with van der Waals surface area (Å²) in [6.45, 7) is 4.22. The second-order valence-electron chi connectivity index (χ2n) is 17.0. The lowest BCUT2D eigenvalue weighted by Crippen LogP contribution is -1.94. The van der Waals surface area contributed by atoms with E-state index in [0.717, 1.165) is 77.5 Å². The van der Waals surface area contributed by atoms with E-state index in [2.05, 4.69) is 205 Å². The fourth-order valence-corrected chi connectivity index (χ4v) is 12.2. The zero-order valence-electron chi connectivity index (χ0n) is 35.6. The Morgan fingerprint density at radius 2 is 0.969 bits per heavy atom. The number of allylic oxidation sites excluding steroid dienone is 4. The van der Waals surface area contributed by atoms with Crippen molar-refractivity contribution >= 4 is 125 Å². The summed E-state index contributed by atoms with van der Waals surface area (Å²) in [5.41, 5.74) is 15.1. The summed E-state index contributed by atoms with van der Waals surface area (Å²) < 4.78 is 20.6. The van der Waals surface area contributed by atoms with Gasteiger partial charge in [0.1, 0.15) is 22.3 Å². The Hall–Kier alpha value is -8.12. The molecule has 0 fully saturated rings. The number of hydrogen-bond donors (Lipinski definition) is 0. The molecule has 9 aromatic carbocycles. The van der Waals surface area contributed by atoms with Gasteiger partial charge in [-0.05, 0) is 91.7 Å². The number of rotatable bonds is 5. The molecule has 5 heteroatoms. The lowest BCUT2D eigenvalue weighted by molar-refractivity contribution is 0.669. The Morgan fingerprint density at radius 1 is 0.446 bits per heavy atom. The van der Waals surface area contributed by atoms with Crippen LogP contribution in [0.2, 0.25) is 0 Å². The van der Waals surface area contributed by atoms with Crippen molar-refractivity contribution in [2.75, 3.05) is 0 Å². The van der Waals surface area contributed by atoms with Gasteiger partial charge in [-0.2, -0.15) is 0 Å². The SMILES string of the molecule is C/C=C\C(=C/C)n1c2ccc(-c3cccc4c3oc3ccccc34)cc2c2c3sc4c(ccc5c4c4cc(-c6cccc7c6oc6ccccc67)ccc4n5-c4ccccc4)c3ccc21. The Labute approximate surface area is 376 Å². The summed E-state index contributed by atoms with van der Waals surface area (Å²) in [6.07, 6.45) is 6.55. The van der Waals surface area contributed by atoms with Gasteiger partial charge in [0.2, 0.25) is 0 Å². The largest absolute Gasteiger partial charge is 0.455 e. The second-order valence-corrected chi connectivity index (χ2v) is 18.0. The Balaban J connectivity index is 1.08. The summed E-state index contributed by atoms with van der Waals surface area (Å²) in [6, 6.07) is 63.7. The third kappa shape index (κ3) is 5.07. The van der Waals surface area contributed by atoms with E-state index in [1.807, 2.05) is 23.5 Å². The Bertz CT molecular complexity index is 4380. The van der Waals surface area contributed by atoms with Crippen LogP contribution in [0.1, 0.15) is 13.8 Å². The zero-order valence-corrected chi connectivity index (χ0v) is 36.4. The number of hydrogen-bond acceptors (Lipinski definition) is 3. The molecule has 0 atom stereocenters. The van der Waals surface area contributed by atoms with Crippen molar-refractivity contribution in [1.29, 1.82) is 0 Å². The number of para-hydroxylation sites is 5. The maximum atomic E-state index is 6.59. The molecule has 0 radical (unpaired) electrons. The fourth-order valence-electron chi connectivity index (χ4n) is 10.8. The minimum atomic E-state index is 0.905. The number of benzene rings is 9. The summed E-state index contributed by atoms with van der Waals surface area (Å²) in [5, 5.41) is 12.0. The normalized spacial score (nSPS) is 12.8. The lowest BCUT2D eigenvalue weighted by Gasteiger charge is -2.09. The van der Waals surface area contributed by atoms with E-state index in [-0.39, 0.29) is 0 Å². The maximum Gasteiger partial charge on any atom is 0.143 e. The number of aromatic nitrogens is 2. The van der Waals surface area contributed by atoms with E-state index >= 15 is 0 Å². The van der Waals surface area contributed by atoms with E-state index in [1.165, 1.54) is 63.8 Å². The van der Waals surface area contributed by atoms with Crippen molar-refractivity contribution in [3.05, 3.63) is 194 Å². The average Bonchev–Trinajstić information content (AvgIpc) is 4.17. The molecule has 0 aliphatic carbocycles. The summed E-state index contributed by atoms with van der Waals surface area (Å²) in [7, 11) is 0. The van der Waals surface area contributed by atoms with Gasteiger partial charge < -0.3 is 18.0 Å². The standard InChI is InChI=1S/C60H38N2O2S/c1-3-14-37(4-2)61-49-29-25-35(39-19-12-21-43-41-17-8-10-23-53(41)63-57(39)43)33-47(49)55-51(61)31-27-45-46-28-32-52-56(60(46)65-59(45)55)48-34-36(26-30-50(48)62(52)38-15-6-5-7-16-38)40-20-13-22-44-42-18-9-11-24-54(42)64-58(40)44/h3-34H,1-2H3/b14-3-,37-4+. The van der Waals surface area contributed by atoms with Gasteiger partial charge in [0.15, 0.2) is 0 Å². The van der Waals surface area contributed by atoms with E-state index < -0.39 is 0 Å². The molecule has 0 bridgehead atoms. The highest BCUT2D eigenvalue weighted by Crippen LogP contribution is 2.49. The van der Waals surface area contributed by atoms with Gasteiger partial charge in [-0.15, -0.1) is 11.3 Å². The average molecular weight is 851 g/mol. The first kappa shape index (κ1) is 36.4. The van der Waals surface area contributed by atoms with Gasteiger partial charge in [0, 0.05) is 85.8 Å². The second kappa shape index (κ2) is 13.7. The first-order valence-electron chi connectivity index (χ1n) is 22.2. The van der Waals surface area contributed by atoms with Crippen LogP contribution in [0.5, 0.6) is 0 Å². The molecule has 0 spiro atoms. The van der Waals surface area contributed by atoms with Crippen LogP contribution in [0.25, 0.3) is 141 Å². The molecule has 0 saturated carbocycles. The number of thiophene rings is 1. The predicted molar refractivity (Wildman–Crippen MR) is 277 cm³/mol. The van der Waals surface area contributed by atoms with Crippen LogP contribution in [0.4, 0.5) is 0 Å². The van der Waals surface area contributed by atoms with E-state index in [0.29, 0.717) is 0 Å². The molecule has 0 N–H and O–H groups in total. The van der Waals surface area contributed by atoms with Crippen molar-refractivity contribution in [2.24, 2.45) is 0 Å². The van der Waals surface area contributed by atoms with Crippen molar-refractivity contribution in [3.8, 4) is 27.9 Å². The monoisotopic (exact) mass is 850 g/mol. The molecule has 306 valence electrons. The van der Waals surface area contributed by atoms with Gasteiger partial charge in [-0.25, -0.2) is 0 Å². The minimum Gasteiger partial charge on any atom is -0.455 e. The van der Waals surface area contributed by atoms with Crippen LogP contribution in [-0.2, 0) is 0 Å². The lowest BCUT2D eigenvalue weighted by atomic mass is 9.99.